The molecule has 96 valence electrons. The molecular weight excluding hydrogens is 208 g/mol. The largest absolute Gasteiger partial charge is 0.495 e. The molecule has 0 amide bonds. The van der Waals surface area contributed by atoms with E-state index in [9.17, 15) is 0 Å². The summed E-state index contributed by atoms with van der Waals surface area (Å²) < 4.78 is 5.95. The Morgan fingerprint density at radius 2 is 1.82 bits per heavy atom. The molecule has 1 heterocycles. The van der Waals surface area contributed by atoms with Crippen molar-refractivity contribution in [3.8, 4) is 0 Å². The van der Waals surface area contributed by atoms with Crippen LogP contribution in [0.2, 0.25) is 0 Å². The Morgan fingerprint density at radius 1 is 1.06 bits per heavy atom. The van der Waals surface area contributed by atoms with Gasteiger partial charge in [-0.05, 0) is 55.4 Å². The van der Waals surface area contributed by atoms with Crippen molar-refractivity contribution >= 4 is 0 Å². The Kier molecular flexibility index (Phi) is 2.26. The first-order chi connectivity index (χ1) is 7.89. The summed E-state index contributed by atoms with van der Waals surface area (Å²) in [5, 5.41) is 0. The fourth-order valence-corrected chi connectivity index (χ4v) is 5.37. The quantitative estimate of drug-likeness (QED) is 0.598. The van der Waals surface area contributed by atoms with Gasteiger partial charge in [-0.2, -0.15) is 0 Å². The van der Waals surface area contributed by atoms with Crippen molar-refractivity contribution in [3.05, 3.63) is 12.3 Å². The van der Waals surface area contributed by atoms with Crippen LogP contribution in [0.3, 0.4) is 0 Å². The van der Waals surface area contributed by atoms with Crippen LogP contribution in [0.1, 0.15) is 59.8 Å². The Balaban J connectivity index is 2.00. The molecule has 0 aromatic rings. The van der Waals surface area contributed by atoms with Crippen molar-refractivity contribution < 1.29 is 4.74 Å². The highest BCUT2D eigenvalue weighted by Crippen LogP contribution is 2.64. The van der Waals surface area contributed by atoms with Crippen LogP contribution in [0.25, 0.3) is 0 Å². The third-order valence-corrected chi connectivity index (χ3v) is 6.18. The van der Waals surface area contributed by atoms with E-state index >= 15 is 0 Å². The maximum Gasteiger partial charge on any atom is 0.112 e. The van der Waals surface area contributed by atoms with Crippen molar-refractivity contribution in [1.82, 2.24) is 0 Å². The van der Waals surface area contributed by atoms with E-state index in [0.717, 1.165) is 5.92 Å². The minimum absolute atomic E-state index is 0.0959. The van der Waals surface area contributed by atoms with Gasteiger partial charge in [-0.15, -0.1) is 0 Å². The van der Waals surface area contributed by atoms with Gasteiger partial charge in [0.15, 0.2) is 0 Å². The molecule has 3 aliphatic rings. The van der Waals surface area contributed by atoms with Crippen LogP contribution in [0, 0.1) is 22.7 Å². The minimum atomic E-state index is 0.0959. The Morgan fingerprint density at radius 3 is 2.59 bits per heavy atom. The van der Waals surface area contributed by atoms with E-state index in [4.69, 9.17) is 4.74 Å². The van der Waals surface area contributed by atoms with E-state index in [1.165, 1.54) is 32.1 Å². The van der Waals surface area contributed by atoms with Gasteiger partial charge in [0.05, 0.1) is 6.26 Å². The van der Waals surface area contributed by atoms with Crippen LogP contribution >= 0.6 is 0 Å². The van der Waals surface area contributed by atoms with Crippen LogP contribution in [-0.4, -0.2) is 5.60 Å². The Labute approximate surface area is 106 Å². The molecule has 1 heteroatoms. The van der Waals surface area contributed by atoms with Crippen molar-refractivity contribution in [1.29, 1.82) is 0 Å². The van der Waals surface area contributed by atoms with Gasteiger partial charge in [-0.3, -0.25) is 0 Å². The van der Waals surface area contributed by atoms with E-state index in [1.54, 1.807) is 0 Å². The summed E-state index contributed by atoms with van der Waals surface area (Å²) in [5.41, 5.74) is 1.07. The average Bonchev–Trinajstić information content (AvgIpc) is 2.60. The predicted molar refractivity (Wildman–Crippen MR) is 70.6 cm³/mol. The molecule has 0 aromatic heterocycles. The summed E-state index contributed by atoms with van der Waals surface area (Å²) in [6.07, 6.45) is 11.1. The highest BCUT2D eigenvalue weighted by Gasteiger charge is 2.59. The van der Waals surface area contributed by atoms with Crippen LogP contribution in [-0.2, 0) is 4.74 Å². The third kappa shape index (κ3) is 1.44. The minimum Gasteiger partial charge on any atom is -0.495 e. The number of fused-ring (bicyclic) bond motifs is 3. The first-order valence-corrected chi connectivity index (χ1v) is 7.23. The molecule has 1 aliphatic heterocycles. The lowest BCUT2D eigenvalue weighted by Crippen LogP contribution is -2.56. The topological polar surface area (TPSA) is 9.23 Å². The van der Waals surface area contributed by atoms with Crippen molar-refractivity contribution in [2.45, 2.75) is 65.4 Å². The van der Waals surface area contributed by atoms with Gasteiger partial charge >= 0.3 is 0 Å². The maximum atomic E-state index is 5.95. The van der Waals surface area contributed by atoms with Crippen LogP contribution in [0.15, 0.2) is 12.3 Å². The normalized spacial score (nSPS) is 51.5. The summed E-state index contributed by atoms with van der Waals surface area (Å²) in [6, 6.07) is 0. The van der Waals surface area contributed by atoms with Crippen molar-refractivity contribution in [3.63, 3.8) is 0 Å². The van der Waals surface area contributed by atoms with Gasteiger partial charge in [0, 0.05) is 5.92 Å². The Hall–Kier alpha value is -0.460. The highest BCUT2D eigenvalue weighted by atomic mass is 16.5. The summed E-state index contributed by atoms with van der Waals surface area (Å²) in [4.78, 5) is 0. The first-order valence-electron chi connectivity index (χ1n) is 7.23. The van der Waals surface area contributed by atoms with E-state index < -0.39 is 0 Å². The molecule has 3 rings (SSSR count). The molecule has 0 saturated heterocycles. The SMILES string of the molecule is CC1(C)CCC[C@@]2(C)C1CC[C@@]1(C)OC=C[C@@H]12. The highest BCUT2D eigenvalue weighted by molar-refractivity contribution is 5.16. The van der Waals surface area contributed by atoms with Crippen LogP contribution < -0.4 is 0 Å². The summed E-state index contributed by atoms with van der Waals surface area (Å²) in [7, 11) is 0. The fourth-order valence-electron chi connectivity index (χ4n) is 5.37. The zero-order valence-corrected chi connectivity index (χ0v) is 11.8. The second-order valence-electron chi connectivity index (χ2n) is 7.68. The lowest BCUT2D eigenvalue weighted by atomic mass is 9.46. The lowest BCUT2D eigenvalue weighted by Gasteiger charge is -2.59. The number of hydrogen-bond acceptors (Lipinski definition) is 1. The van der Waals surface area contributed by atoms with Gasteiger partial charge in [-0.1, -0.05) is 27.2 Å². The molecule has 0 N–H and O–H groups in total. The van der Waals surface area contributed by atoms with Gasteiger partial charge in [0.1, 0.15) is 5.60 Å². The van der Waals surface area contributed by atoms with Gasteiger partial charge in [0.2, 0.25) is 0 Å². The van der Waals surface area contributed by atoms with Crippen molar-refractivity contribution in [2.24, 2.45) is 22.7 Å². The monoisotopic (exact) mass is 234 g/mol. The molecule has 4 atom stereocenters. The number of rotatable bonds is 0. The predicted octanol–water partition coefficient (Wildman–Crippen LogP) is 4.53. The van der Waals surface area contributed by atoms with Gasteiger partial charge < -0.3 is 4.74 Å². The van der Waals surface area contributed by atoms with Gasteiger partial charge in [0.25, 0.3) is 0 Å². The molecule has 0 aromatic carbocycles. The van der Waals surface area contributed by atoms with Crippen LogP contribution in [0.5, 0.6) is 0 Å². The van der Waals surface area contributed by atoms with E-state index in [2.05, 4.69) is 33.8 Å². The molecule has 0 radical (unpaired) electrons. The summed E-state index contributed by atoms with van der Waals surface area (Å²) in [6.45, 7) is 9.81. The molecular formula is C16H26O. The van der Waals surface area contributed by atoms with Crippen molar-refractivity contribution in [2.75, 3.05) is 0 Å². The molecule has 1 nitrogen and oxygen atoms in total. The summed E-state index contributed by atoms with van der Waals surface area (Å²) in [5.74, 6) is 1.50. The number of ether oxygens (including phenoxy) is 1. The fraction of sp³-hybridized carbons (Fsp3) is 0.875. The van der Waals surface area contributed by atoms with E-state index in [1.807, 2.05) is 6.26 Å². The molecule has 2 saturated carbocycles. The lowest BCUT2D eigenvalue weighted by molar-refractivity contribution is -0.138. The molecule has 1 unspecified atom stereocenters. The molecule has 0 spiro atoms. The molecule has 0 bridgehead atoms. The Bertz CT molecular complexity index is 357. The third-order valence-electron chi connectivity index (χ3n) is 6.18. The molecule has 17 heavy (non-hydrogen) atoms. The standard InChI is InChI=1S/C16H26O/c1-14(2)8-5-9-15(3)12(14)6-10-16(4)13(15)7-11-17-16/h7,11-13H,5-6,8-10H2,1-4H3/t12?,13-,15+,16-/m1/s1. The van der Waals surface area contributed by atoms with Gasteiger partial charge in [-0.25, -0.2) is 0 Å². The maximum absolute atomic E-state index is 5.95. The van der Waals surface area contributed by atoms with E-state index in [0.29, 0.717) is 16.7 Å². The second kappa shape index (κ2) is 3.30. The van der Waals surface area contributed by atoms with E-state index in [-0.39, 0.29) is 5.60 Å². The summed E-state index contributed by atoms with van der Waals surface area (Å²) >= 11 is 0. The first kappa shape index (κ1) is 11.6. The smallest absolute Gasteiger partial charge is 0.112 e. The second-order valence-corrected chi connectivity index (χ2v) is 7.68. The number of hydrogen-bond donors (Lipinski definition) is 0. The molecule has 2 aliphatic carbocycles. The molecule has 2 fully saturated rings. The average molecular weight is 234 g/mol. The zero-order chi connectivity index (χ0) is 12.3. The zero-order valence-electron chi connectivity index (χ0n) is 11.8. The van der Waals surface area contributed by atoms with Crippen LogP contribution in [0.4, 0.5) is 0 Å².